The first-order chi connectivity index (χ1) is 12.9. The number of hydrogen-bond acceptors (Lipinski definition) is 3. The van der Waals surface area contributed by atoms with Crippen molar-refractivity contribution in [2.45, 2.75) is 39.5 Å². The van der Waals surface area contributed by atoms with Crippen molar-refractivity contribution in [3.8, 4) is 0 Å². The van der Waals surface area contributed by atoms with E-state index < -0.39 is 0 Å². The maximum Gasteiger partial charge on any atom is 0.239 e. The van der Waals surface area contributed by atoms with Crippen molar-refractivity contribution in [3.63, 3.8) is 0 Å². The molecular weight excluding hydrogens is 347 g/mol. The number of benzene rings is 2. The van der Waals surface area contributed by atoms with Gasteiger partial charge in [0.1, 0.15) is 5.82 Å². The average molecular weight is 372 g/mol. The maximum absolute atomic E-state index is 13.1. The highest BCUT2D eigenvalue weighted by atomic mass is 19.1. The molecule has 5 nitrogen and oxygen atoms in total. The van der Waals surface area contributed by atoms with E-state index in [1.807, 2.05) is 38.1 Å². The summed E-state index contributed by atoms with van der Waals surface area (Å²) in [6.07, 6.45) is 0.187. The Morgan fingerprint density at radius 2 is 1.67 bits per heavy atom. The molecule has 0 heterocycles. The maximum atomic E-state index is 13.1. The van der Waals surface area contributed by atoms with Crippen LogP contribution in [0.2, 0.25) is 0 Å². The molecular formula is C21H25FN2O3. The van der Waals surface area contributed by atoms with Crippen LogP contribution in [-0.4, -0.2) is 24.5 Å². The van der Waals surface area contributed by atoms with Gasteiger partial charge in [-0.25, -0.2) is 4.39 Å². The molecule has 2 aromatic rings. The minimum atomic E-state index is -0.390. The largest absolute Gasteiger partial charge is 0.374 e. The number of halogens is 1. The third-order valence-electron chi connectivity index (χ3n) is 3.76. The van der Waals surface area contributed by atoms with Gasteiger partial charge in [-0.3, -0.25) is 9.59 Å². The fourth-order valence-corrected chi connectivity index (χ4v) is 2.43. The predicted octanol–water partition coefficient (Wildman–Crippen LogP) is 2.73. The fraction of sp³-hybridized carbons (Fsp3) is 0.333. The molecule has 0 spiro atoms. The van der Waals surface area contributed by atoms with E-state index in [-0.39, 0.29) is 36.7 Å². The van der Waals surface area contributed by atoms with Crippen molar-refractivity contribution in [1.82, 2.24) is 10.6 Å². The van der Waals surface area contributed by atoms with Crippen LogP contribution in [0.25, 0.3) is 0 Å². The Balaban J connectivity index is 1.73. The molecule has 0 bridgehead atoms. The van der Waals surface area contributed by atoms with E-state index in [1.54, 1.807) is 12.1 Å². The van der Waals surface area contributed by atoms with E-state index in [1.165, 1.54) is 12.1 Å². The van der Waals surface area contributed by atoms with Gasteiger partial charge in [0.2, 0.25) is 11.8 Å². The number of rotatable bonds is 9. The van der Waals surface area contributed by atoms with Crippen molar-refractivity contribution in [1.29, 1.82) is 0 Å². The number of ether oxygens (including phenoxy) is 1. The lowest BCUT2D eigenvalue weighted by Crippen LogP contribution is -2.37. The molecule has 144 valence electrons. The van der Waals surface area contributed by atoms with Crippen molar-refractivity contribution >= 4 is 11.8 Å². The summed E-state index contributed by atoms with van der Waals surface area (Å²) in [6, 6.07) is 13.6. The Morgan fingerprint density at radius 1 is 0.963 bits per heavy atom. The summed E-state index contributed by atoms with van der Waals surface area (Å²) in [5, 5.41) is 5.30. The molecule has 2 aromatic carbocycles. The minimum absolute atomic E-state index is 0.0307. The first-order valence-corrected chi connectivity index (χ1v) is 8.89. The Bertz CT molecular complexity index is 778. The Kier molecular flexibility index (Phi) is 7.95. The van der Waals surface area contributed by atoms with Crippen LogP contribution in [0.15, 0.2) is 48.5 Å². The zero-order valence-electron chi connectivity index (χ0n) is 15.6. The molecule has 2 N–H and O–H groups in total. The molecule has 2 amide bonds. The lowest BCUT2D eigenvalue weighted by Gasteiger charge is -2.10. The van der Waals surface area contributed by atoms with Crippen LogP contribution in [0, 0.1) is 5.82 Å². The monoisotopic (exact) mass is 372 g/mol. The highest BCUT2D eigenvalue weighted by Crippen LogP contribution is 2.08. The third kappa shape index (κ3) is 8.00. The predicted molar refractivity (Wildman–Crippen MR) is 101 cm³/mol. The fourth-order valence-electron chi connectivity index (χ4n) is 2.43. The molecule has 0 aliphatic rings. The van der Waals surface area contributed by atoms with Crippen molar-refractivity contribution < 1.29 is 18.7 Å². The number of hydrogen-bond donors (Lipinski definition) is 2. The number of carbonyl (C=O) groups is 2. The first-order valence-electron chi connectivity index (χ1n) is 8.89. The molecule has 0 unspecified atom stereocenters. The Labute approximate surface area is 158 Å². The topological polar surface area (TPSA) is 67.4 Å². The van der Waals surface area contributed by atoms with Gasteiger partial charge < -0.3 is 15.4 Å². The van der Waals surface area contributed by atoms with E-state index in [0.29, 0.717) is 18.7 Å². The van der Waals surface area contributed by atoms with Gasteiger partial charge in [-0.05, 0) is 42.7 Å². The van der Waals surface area contributed by atoms with Crippen molar-refractivity contribution in [2.24, 2.45) is 0 Å². The van der Waals surface area contributed by atoms with Crippen molar-refractivity contribution in [2.75, 3.05) is 6.54 Å². The van der Waals surface area contributed by atoms with Crippen LogP contribution in [-0.2, 0) is 33.9 Å². The van der Waals surface area contributed by atoms with Crippen molar-refractivity contribution in [3.05, 3.63) is 71.0 Å². The first kappa shape index (κ1) is 20.6. The van der Waals surface area contributed by atoms with Gasteiger partial charge in [-0.2, -0.15) is 0 Å². The summed E-state index contributed by atoms with van der Waals surface area (Å²) in [5.41, 5.74) is 2.56. The van der Waals surface area contributed by atoms with Crippen LogP contribution in [0.4, 0.5) is 4.39 Å². The van der Waals surface area contributed by atoms with E-state index in [2.05, 4.69) is 10.6 Å². The molecule has 0 aliphatic heterocycles. The third-order valence-corrected chi connectivity index (χ3v) is 3.76. The second-order valence-corrected chi connectivity index (χ2v) is 6.54. The summed E-state index contributed by atoms with van der Waals surface area (Å²) in [4.78, 5) is 23.8. The Hall–Kier alpha value is -2.73. The van der Waals surface area contributed by atoms with Crippen LogP contribution >= 0.6 is 0 Å². The van der Waals surface area contributed by atoms with Crippen LogP contribution in [0.3, 0.4) is 0 Å². The van der Waals surface area contributed by atoms with Gasteiger partial charge in [0.05, 0.1) is 25.7 Å². The zero-order chi connectivity index (χ0) is 19.6. The van der Waals surface area contributed by atoms with Gasteiger partial charge >= 0.3 is 0 Å². The molecule has 27 heavy (non-hydrogen) atoms. The second-order valence-electron chi connectivity index (χ2n) is 6.54. The van der Waals surface area contributed by atoms with E-state index in [0.717, 1.165) is 11.1 Å². The minimum Gasteiger partial charge on any atom is -0.374 e. The second kappa shape index (κ2) is 10.4. The van der Waals surface area contributed by atoms with Crippen LogP contribution in [0.1, 0.15) is 30.5 Å². The molecule has 0 aliphatic carbocycles. The molecule has 0 saturated carbocycles. The summed E-state index contributed by atoms with van der Waals surface area (Å²) in [7, 11) is 0. The molecule has 0 aromatic heterocycles. The van der Waals surface area contributed by atoms with Gasteiger partial charge in [0.15, 0.2) is 0 Å². The summed E-state index contributed by atoms with van der Waals surface area (Å²) < 4.78 is 18.7. The van der Waals surface area contributed by atoms with E-state index in [9.17, 15) is 14.0 Å². The van der Waals surface area contributed by atoms with Gasteiger partial charge in [0.25, 0.3) is 0 Å². The molecule has 0 atom stereocenters. The highest BCUT2D eigenvalue weighted by Gasteiger charge is 2.07. The molecule has 2 rings (SSSR count). The summed E-state index contributed by atoms with van der Waals surface area (Å²) in [5.74, 6) is -1.01. The molecule has 0 fully saturated rings. The van der Waals surface area contributed by atoms with Crippen LogP contribution < -0.4 is 10.6 Å². The van der Waals surface area contributed by atoms with Gasteiger partial charge in [-0.1, -0.05) is 36.4 Å². The smallest absolute Gasteiger partial charge is 0.239 e. The molecule has 6 heteroatoms. The summed E-state index contributed by atoms with van der Waals surface area (Å²) >= 11 is 0. The standard InChI is InChI=1S/C21H25FN2O3/c1-15(2)27-14-18-7-3-6-17(9-18)12-23-21(26)13-24-20(25)11-16-5-4-8-19(22)10-16/h3-10,15H,11-14H2,1-2H3,(H,23,26)(H,24,25). The number of amides is 2. The zero-order valence-corrected chi connectivity index (χ0v) is 15.6. The van der Waals surface area contributed by atoms with Gasteiger partial charge in [-0.15, -0.1) is 0 Å². The molecule has 0 saturated heterocycles. The highest BCUT2D eigenvalue weighted by molar-refractivity contribution is 5.85. The quantitative estimate of drug-likeness (QED) is 0.711. The SMILES string of the molecule is CC(C)OCc1cccc(CNC(=O)CNC(=O)Cc2cccc(F)c2)c1. The molecule has 0 radical (unpaired) electrons. The number of carbonyl (C=O) groups excluding carboxylic acids is 2. The summed E-state index contributed by atoms with van der Waals surface area (Å²) in [6.45, 7) is 4.73. The van der Waals surface area contributed by atoms with Crippen LogP contribution in [0.5, 0.6) is 0 Å². The number of nitrogens with one attached hydrogen (secondary N) is 2. The normalized spacial score (nSPS) is 10.7. The Morgan fingerprint density at radius 3 is 2.41 bits per heavy atom. The lowest BCUT2D eigenvalue weighted by atomic mass is 10.1. The lowest BCUT2D eigenvalue weighted by molar-refractivity contribution is -0.125. The van der Waals surface area contributed by atoms with Gasteiger partial charge in [0, 0.05) is 6.54 Å². The van der Waals surface area contributed by atoms with E-state index >= 15 is 0 Å². The van der Waals surface area contributed by atoms with E-state index in [4.69, 9.17) is 4.74 Å². The average Bonchev–Trinajstić information content (AvgIpc) is 2.63.